The van der Waals surface area contributed by atoms with Crippen LogP contribution in [0.4, 0.5) is 5.69 Å². The standard InChI is InChI=1S/C7H9ClN2O2S/c1-5-4-6(8)2-3-7(5)10-13(9,11)12/h2-4,10H,1H3,(H2,9,11,12). The maximum absolute atomic E-state index is 10.7. The molecule has 0 fully saturated rings. The summed E-state index contributed by atoms with van der Waals surface area (Å²) in [4.78, 5) is 0. The molecule has 0 aliphatic carbocycles. The molecule has 0 aliphatic heterocycles. The molecular formula is C7H9ClN2O2S. The lowest BCUT2D eigenvalue weighted by atomic mass is 10.2. The van der Waals surface area contributed by atoms with Crippen molar-refractivity contribution in [2.45, 2.75) is 6.92 Å². The van der Waals surface area contributed by atoms with Crippen LogP contribution in [0.3, 0.4) is 0 Å². The zero-order chi connectivity index (χ0) is 10.1. The van der Waals surface area contributed by atoms with E-state index in [1.165, 1.54) is 0 Å². The minimum Gasteiger partial charge on any atom is -0.271 e. The molecule has 0 radical (unpaired) electrons. The normalized spacial score (nSPS) is 11.3. The highest BCUT2D eigenvalue weighted by Gasteiger charge is 2.04. The molecule has 0 heterocycles. The largest absolute Gasteiger partial charge is 0.296 e. The number of halogens is 1. The molecule has 1 aromatic rings. The maximum Gasteiger partial charge on any atom is 0.296 e. The summed E-state index contributed by atoms with van der Waals surface area (Å²) in [5.41, 5.74) is 1.16. The van der Waals surface area contributed by atoms with Gasteiger partial charge in [-0.05, 0) is 30.7 Å². The zero-order valence-corrected chi connectivity index (χ0v) is 8.48. The summed E-state index contributed by atoms with van der Waals surface area (Å²) >= 11 is 5.68. The van der Waals surface area contributed by atoms with Crippen LogP contribution in [-0.2, 0) is 10.2 Å². The van der Waals surface area contributed by atoms with Crippen LogP contribution in [0, 0.1) is 6.92 Å². The number of nitrogens with one attached hydrogen (secondary N) is 1. The van der Waals surface area contributed by atoms with Crippen molar-refractivity contribution in [3.63, 3.8) is 0 Å². The Morgan fingerprint density at radius 2 is 2.08 bits per heavy atom. The lowest BCUT2D eigenvalue weighted by Crippen LogP contribution is -2.22. The number of hydrogen-bond acceptors (Lipinski definition) is 2. The molecular weight excluding hydrogens is 212 g/mol. The summed E-state index contributed by atoms with van der Waals surface area (Å²) in [6, 6.07) is 4.79. The van der Waals surface area contributed by atoms with Gasteiger partial charge in [-0.25, -0.2) is 5.14 Å². The molecule has 0 bridgehead atoms. The van der Waals surface area contributed by atoms with E-state index in [2.05, 4.69) is 4.72 Å². The van der Waals surface area contributed by atoms with E-state index in [0.717, 1.165) is 5.56 Å². The average Bonchev–Trinajstić information content (AvgIpc) is 1.93. The molecule has 0 atom stereocenters. The van der Waals surface area contributed by atoms with Gasteiger partial charge in [0.1, 0.15) is 0 Å². The topological polar surface area (TPSA) is 72.2 Å². The van der Waals surface area contributed by atoms with Crippen molar-refractivity contribution in [3.05, 3.63) is 28.8 Å². The van der Waals surface area contributed by atoms with Gasteiger partial charge in [-0.15, -0.1) is 0 Å². The molecule has 0 aliphatic rings. The van der Waals surface area contributed by atoms with Crippen molar-refractivity contribution in [2.75, 3.05) is 4.72 Å². The van der Waals surface area contributed by atoms with Crippen LogP contribution in [-0.4, -0.2) is 8.42 Å². The third kappa shape index (κ3) is 3.22. The van der Waals surface area contributed by atoms with Gasteiger partial charge in [0.2, 0.25) is 0 Å². The average molecular weight is 221 g/mol. The lowest BCUT2D eigenvalue weighted by molar-refractivity contribution is 0.603. The minimum atomic E-state index is -3.71. The van der Waals surface area contributed by atoms with E-state index in [0.29, 0.717) is 10.7 Å². The van der Waals surface area contributed by atoms with Crippen molar-refractivity contribution in [2.24, 2.45) is 5.14 Å². The molecule has 0 saturated heterocycles. The van der Waals surface area contributed by atoms with Crippen LogP contribution in [0.25, 0.3) is 0 Å². The van der Waals surface area contributed by atoms with E-state index in [1.807, 2.05) is 0 Å². The minimum absolute atomic E-state index is 0.437. The Morgan fingerprint density at radius 3 is 2.54 bits per heavy atom. The van der Waals surface area contributed by atoms with Crippen LogP contribution < -0.4 is 9.86 Å². The van der Waals surface area contributed by atoms with Gasteiger partial charge >= 0.3 is 0 Å². The summed E-state index contributed by atoms with van der Waals surface area (Å²) in [6.07, 6.45) is 0. The molecule has 1 aromatic carbocycles. The van der Waals surface area contributed by atoms with Gasteiger partial charge in [0.05, 0.1) is 5.69 Å². The molecule has 0 spiro atoms. The number of hydrogen-bond donors (Lipinski definition) is 2. The lowest BCUT2D eigenvalue weighted by Gasteiger charge is -2.06. The molecule has 6 heteroatoms. The first-order valence-corrected chi connectivity index (χ1v) is 5.37. The summed E-state index contributed by atoms with van der Waals surface area (Å²) in [5.74, 6) is 0. The fourth-order valence-electron chi connectivity index (χ4n) is 0.895. The van der Waals surface area contributed by atoms with E-state index in [4.69, 9.17) is 16.7 Å². The van der Waals surface area contributed by atoms with Gasteiger partial charge in [-0.1, -0.05) is 11.6 Å². The van der Waals surface area contributed by atoms with E-state index in [-0.39, 0.29) is 0 Å². The number of nitrogens with two attached hydrogens (primary N) is 1. The Balaban J connectivity index is 3.04. The highest BCUT2D eigenvalue weighted by molar-refractivity contribution is 7.90. The monoisotopic (exact) mass is 220 g/mol. The van der Waals surface area contributed by atoms with E-state index < -0.39 is 10.2 Å². The van der Waals surface area contributed by atoms with Crippen molar-refractivity contribution < 1.29 is 8.42 Å². The van der Waals surface area contributed by atoms with Crippen molar-refractivity contribution >= 4 is 27.5 Å². The highest BCUT2D eigenvalue weighted by Crippen LogP contribution is 2.19. The second kappa shape index (κ2) is 3.53. The first kappa shape index (κ1) is 10.3. The molecule has 13 heavy (non-hydrogen) atoms. The zero-order valence-electron chi connectivity index (χ0n) is 6.91. The molecule has 4 nitrogen and oxygen atoms in total. The fourth-order valence-corrected chi connectivity index (χ4v) is 1.66. The first-order valence-electron chi connectivity index (χ1n) is 3.45. The Morgan fingerprint density at radius 1 is 1.46 bits per heavy atom. The van der Waals surface area contributed by atoms with Crippen LogP contribution in [0.2, 0.25) is 5.02 Å². The SMILES string of the molecule is Cc1cc(Cl)ccc1NS(N)(=O)=O. The fraction of sp³-hybridized carbons (Fsp3) is 0.143. The van der Waals surface area contributed by atoms with Crippen LogP contribution in [0.5, 0.6) is 0 Å². The van der Waals surface area contributed by atoms with Crippen LogP contribution in [0.15, 0.2) is 18.2 Å². The van der Waals surface area contributed by atoms with Gasteiger partial charge < -0.3 is 0 Å². The second-order valence-corrected chi connectivity index (χ2v) is 4.34. The maximum atomic E-state index is 10.7. The molecule has 1 rings (SSSR count). The highest BCUT2D eigenvalue weighted by atomic mass is 35.5. The third-order valence-corrected chi connectivity index (χ3v) is 2.18. The molecule has 0 aromatic heterocycles. The smallest absolute Gasteiger partial charge is 0.271 e. The van der Waals surface area contributed by atoms with Crippen molar-refractivity contribution in [3.8, 4) is 0 Å². The molecule has 0 amide bonds. The predicted octanol–water partition coefficient (Wildman–Crippen LogP) is 1.26. The van der Waals surface area contributed by atoms with Crippen LogP contribution >= 0.6 is 11.6 Å². The predicted molar refractivity (Wildman–Crippen MR) is 52.9 cm³/mol. The summed E-state index contributed by atoms with van der Waals surface area (Å²) in [6.45, 7) is 1.74. The Labute approximate surface area is 81.9 Å². The van der Waals surface area contributed by atoms with Gasteiger partial charge in [0, 0.05) is 5.02 Å². The van der Waals surface area contributed by atoms with Gasteiger partial charge in [-0.3, -0.25) is 4.72 Å². The quantitative estimate of drug-likeness (QED) is 0.788. The molecule has 0 saturated carbocycles. The number of benzene rings is 1. The second-order valence-electron chi connectivity index (χ2n) is 2.61. The Bertz CT molecular complexity index is 417. The summed E-state index contributed by atoms with van der Waals surface area (Å²) in [7, 11) is -3.71. The number of anilines is 1. The van der Waals surface area contributed by atoms with Gasteiger partial charge in [0.25, 0.3) is 10.2 Å². The van der Waals surface area contributed by atoms with E-state index in [1.54, 1.807) is 25.1 Å². The molecule has 0 unspecified atom stereocenters. The summed E-state index contributed by atoms with van der Waals surface area (Å²) in [5, 5.41) is 5.36. The number of aryl methyl sites for hydroxylation is 1. The van der Waals surface area contributed by atoms with Gasteiger partial charge in [-0.2, -0.15) is 8.42 Å². The van der Waals surface area contributed by atoms with Gasteiger partial charge in [0.15, 0.2) is 0 Å². The Kier molecular flexibility index (Phi) is 2.80. The third-order valence-electron chi connectivity index (χ3n) is 1.44. The Hall–Kier alpha value is -0.780. The van der Waals surface area contributed by atoms with Crippen molar-refractivity contribution in [1.29, 1.82) is 0 Å². The summed E-state index contributed by atoms with van der Waals surface area (Å²) < 4.78 is 23.5. The first-order chi connectivity index (χ1) is 5.88. The number of rotatable bonds is 2. The van der Waals surface area contributed by atoms with E-state index >= 15 is 0 Å². The molecule has 72 valence electrons. The van der Waals surface area contributed by atoms with E-state index in [9.17, 15) is 8.42 Å². The molecule has 3 N–H and O–H groups in total. The van der Waals surface area contributed by atoms with Crippen molar-refractivity contribution in [1.82, 2.24) is 0 Å². The van der Waals surface area contributed by atoms with Crippen LogP contribution in [0.1, 0.15) is 5.56 Å².